The molecule has 3 aliphatic rings. The number of nitrogens with two attached hydrogens (primary N) is 1. The topological polar surface area (TPSA) is 112 Å². The Kier molecular flexibility index (Phi) is 4.84. The maximum Gasteiger partial charge on any atom is 0.340 e. The summed E-state index contributed by atoms with van der Waals surface area (Å²) < 4.78 is 11.6. The van der Waals surface area contributed by atoms with Gasteiger partial charge >= 0.3 is 5.97 Å². The molecule has 8 heteroatoms. The molecule has 0 saturated heterocycles. The van der Waals surface area contributed by atoms with Crippen molar-refractivity contribution in [1.29, 1.82) is 0 Å². The first kappa shape index (κ1) is 22.2. The summed E-state index contributed by atoms with van der Waals surface area (Å²) >= 11 is 0. The molecule has 2 fully saturated rings. The van der Waals surface area contributed by atoms with Crippen LogP contribution >= 0.6 is 0 Å². The number of aromatic nitrogens is 3. The molecule has 2 saturated carbocycles. The van der Waals surface area contributed by atoms with Gasteiger partial charge in [0.25, 0.3) is 0 Å². The summed E-state index contributed by atoms with van der Waals surface area (Å²) in [5.74, 6) is 1.98. The molecule has 2 atom stereocenters. The van der Waals surface area contributed by atoms with E-state index >= 15 is 0 Å². The highest BCUT2D eigenvalue weighted by Gasteiger charge is 2.42. The van der Waals surface area contributed by atoms with Gasteiger partial charge in [-0.1, -0.05) is 13.8 Å². The van der Waals surface area contributed by atoms with Crippen LogP contribution in [0.1, 0.15) is 75.0 Å². The minimum Gasteiger partial charge on any atom is -0.474 e. The zero-order valence-corrected chi connectivity index (χ0v) is 20.6. The fourth-order valence-electron chi connectivity index (χ4n) is 4.83. The lowest BCUT2D eigenvalue weighted by Crippen LogP contribution is -2.42. The molecule has 1 aliphatic heterocycles. The predicted molar refractivity (Wildman–Crippen MR) is 133 cm³/mol. The Labute approximate surface area is 204 Å². The highest BCUT2D eigenvalue weighted by Crippen LogP contribution is 2.46. The Morgan fingerprint density at radius 3 is 2.60 bits per heavy atom. The second kappa shape index (κ2) is 7.62. The lowest BCUT2D eigenvalue weighted by atomic mass is 9.79. The van der Waals surface area contributed by atoms with Crippen LogP contribution < -0.4 is 15.8 Å². The molecular formula is C27H31N5O3. The third kappa shape index (κ3) is 3.80. The molecule has 0 radical (unpaired) electrons. The Balaban J connectivity index is 1.40. The molecule has 8 nitrogen and oxygen atoms in total. The molecule has 0 bridgehead atoms. The summed E-state index contributed by atoms with van der Waals surface area (Å²) in [6.45, 7) is 8.06. The van der Waals surface area contributed by atoms with Gasteiger partial charge in [0.05, 0.1) is 16.6 Å². The Morgan fingerprint density at radius 2 is 1.89 bits per heavy atom. The Morgan fingerprint density at radius 1 is 1.11 bits per heavy atom. The number of pyridine rings is 3. The van der Waals surface area contributed by atoms with E-state index in [9.17, 15) is 4.79 Å². The number of hydrogen-bond donors (Lipinski definition) is 2. The van der Waals surface area contributed by atoms with Crippen molar-refractivity contribution in [2.45, 2.75) is 76.5 Å². The third-order valence-corrected chi connectivity index (χ3v) is 7.83. The molecule has 1 unspecified atom stereocenters. The first-order valence-electron chi connectivity index (χ1n) is 12.4. The molecule has 0 amide bonds. The van der Waals surface area contributed by atoms with Gasteiger partial charge in [0, 0.05) is 23.3 Å². The monoisotopic (exact) mass is 473 g/mol. The van der Waals surface area contributed by atoms with Gasteiger partial charge in [-0.3, -0.25) is 0 Å². The van der Waals surface area contributed by atoms with E-state index in [1.54, 1.807) is 18.3 Å². The van der Waals surface area contributed by atoms with E-state index in [1.165, 1.54) is 0 Å². The van der Waals surface area contributed by atoms with Crippen LogP contribution in [0.4, 0.5) is 11.6 Å². The number of fused-ring (bicyclic) bond motifs is 2. The molecule has 3 aromatic heterocycles. The molecular weight excluding hydrogens is 442 g/mol. The molecule has 6 rings (SSSR count). The number of carbonyl (C=O) groups is 1. The van der Waals surface area contributed by atoms with Gasteiger partial charge in [-0.05, 0) is 74.6 Å². The number of hydrogen-bond acceptors (Lipinski definition) is 8. The Hall–Kier alpha value is -3.26. The standard InChI is InChI=1S/C27H31N5O3/c1-14-26(2,3)23-17(25(33)34-14)9-10-21(32-23)31-22-11-18-19(12-29-22)24(35-16-7-8-16)30-13-20(18)27(4,28)15-5-6-15/h9-16H,5-8,28H2,1-4H3,(H,29,31,32)/t14-,27?/m0/s1. The van der Waals surface area contributed by atoms with Crippen molar-refractivity contribution in [1.82, 2.24) is 15.0 Å². The van der Waals surface area contributed by atoms with Crippen LogP contribution in [0.15, 0.2) is 30.6 Å². The van der Waals surface area contributed by atoms with E-state index < -0.39 is 11.0 Å². The summed E-state index contributed by atoms with van der Waals surface area (Å²) in [6, 6.07) is 5.55. The largest absolute Gasteiger partial charge is 0.474 e. The smallest absolute Gasteiger partial charge is 0.340 e. The van der Waals surface area contributed by atoms with Crippen molar-refractivity contribution in [2.24, 2.45) is 11.7 Å². The average molecular weight is 474 g/mol. The normalized spacial score (nSPS) is 22.8. The summed E-state index contributed by atoms with van der Waals surface area (Å²) in [5, 5.41) is 5.19. The van der Waals surface area contributed by atoms with Gasteiger partial charge in [-0.2, -0.15) is 0 Å². The summed E-state index contributed by atoms with van der Waals surface area (Å²) in [7, 11) is 0. The van der Waals surface area contributed by atoms with Gasteiger partial charge in [-0.25, -0.2) is 19.7 Å². The SMILES string of the molecule is C[C@@H]1OC(=O)c2ccc(Nc3cc4c(C(C)(N)C5CC5)cnc(OC5CC5)c4cn3)nc2C1(C)C. The lowest BCUT2D eigenvalue weighted by Gasteiger charge is -2.36. The zero-order valence-electron chi connectivity index (χ0n) is 20.6. The van der Waals surface area contributed by atoms with Crippen LogP contribution in [0.5, 0.6) is 5.88 Å². The molecule has 35 heavy (non-hydrogen) atoms. The number of esters is 1. The van der Waals surface area contributed by atoms with Crippen LogP contribution in [0.2, 0.25) is 0 Å². The van der Waals surface area contributed by atoms with Crippen molar-refractivity contribution >= 4 is 28.4 Å². The zero-order chi connectivity index (χ0) is 24.5. The van der Waals surface area contributed by atoms with Gasteiger partial charge in [0.1, 0.15) is 23.8 Å². The molecule has 0 aromatic carbocycles. The fraction of sp³-hybridized carbons (Fsp3) is 0.481. The summed E-state index contributed by atoms with van der Waals surface area (Å²) in [6.07, 6.45) is 8.00. The number of nitrogens with one attached hydrogen (secondary N) is 1. The number of carbonyl (C=O) groups excluding carboxylic acids is 1. The third-order valence-electron chi connectivity index (χ3n) is 7.83. The van der Waals surface area contributed by atoms with E-state index in [0.717, 1.165) is 47.7 Å². The predicted octanol–water partition coefficient (Wildman–Crippen LogP) is 4.73. The van der Waals surface area contributed by atoms with E-state index in [0.29, 0.717) is 29.0 Å². The molecule has 3 N–H and O–H groups in total. The van der Waals surface area contributed by atoms with Crippen molar-refractivity contribution in [2.75, 3.05) is 5.32 Å². The highest BCUT2D eigenvalue weighted by atomic mass is 16.5. The van der Waals surface area contributed by atoms with Crippen molar-refractivity contribution in [3.63, 3.8) is 0 Å². The fourth-order valence-corrected chi connectivity index (χ4v) is 4.83. The number of nitrogens with zero attached hydrogens (tertiary/aromatic N) is 3. The highest BCUT2D eigenvalue weighted by molar-refractivity contribution is 5.93. The van der Waals surface area contributed by atoms with Crippen molar-refractivity contribution < 1.29 is 14.3 Å². The van der Waals surface area contributed by atoms with Crippen LogP contribution in [0.3, 0.4) is 0 Å². The van der Waals surface area contributed by atoms with Gasteiger partial charge < -0.3 is 20.5 Å². The quantitative estimate of drug-likeness (QED) is 0.494. The van der Waals surface area contributed by atoms with Crippen molar-refractivity contribution in [3.8, 4) is 5.88 Å². The molecule has 3 aromatic rings. The van der Waals surface area contributed by atoms with Crippen LogP contribution in [-0.2, 0) is 15.7 Å². The summed E-state index contributed by atoms with van der Waals surface area (Å²) in [4.78, 5) is 26.5. The molecule has 2 aliphatic carbocycles. The minimum absolute atomic E-state index is 0.235. The van der Waals surface area contributed by atoms with E-state index in [-0.39, 0.29) is 18.2 Å². The van der Waals surface area contributed by atoms with E-state index in [2.05, 4.69) is 22.2 Å². The average Bonchev–Trinajstić information content (AvgIpc) is 3.72. The van der Waals surface area contributed by atoms with Crippen molar-refractivity contribution in [3.05, 3.63) is 47.4 Å². The van der Waals surface area contributed by atoms with Crippen LogP contribution in [0.25, 0.3) is 10.8 Å². The van der Waals surface area contributed by atoms with Gasteiger partial charge in [0.2, 0.25) is 5.88 Å². The van der Waals surface area contributed by atoms with E-state index in [4.69, 9.17) is 20.2 Å². The maximum atomic E-state index is 12.4. The molecule has 4 heterocycles. The van der Waals surface area contributed by atoms with Gasteiger partial charge in [-0.15, -0.1) is 0 Å². The maximum absolute atomic E-state index is 12.4. The molecule has 0 spiro atoms. The number of rotatable bonds is 6. The number of cyclic esters (lactones) is 1. The molecule has 182 valence electrons. The van der Waals surface area contributed by atoms with Crippen LogP contribution in [0, 0.1) is 5.92 Å². The number of ether oxygens (including phenoxy) is 2. The van der Waals surface area contributed by atoms with Crippen LogP contribution in [-0.4, -0.2) is 33.1 Å². The Bertz CT molecular complexity index is 1340. The first-order valence-corrected chi connectivity index (χ1v) is 12.4. The first-order chi connectivity index (χ1) is 16.6. The number of anilines is 2. The minimum atomic E-state index is -0.480. The summed E-state index contributed by atoms with van der Waals surface area (Å²) in [5.41, 5.74) is 8.17. The second-order valence-electron chi connectivity index (χ2n) is 11.0. The van der Waals surface area contributed by atoms with E-state index in [1.807, 2.05) is 33.0 Å². The second-order valence-corrected chi connectivity index (χ2v) is 11.0. The van der Waals surface area contributed by atoms with Gasteiger partial charge in [0.15, 0.2) is 0 Å². The lowest BCUT2D eigenvalue weighted by molar-refractivity contribution is 0.00864.